The Bertz CT molecular complexity index is 1170. The van der Waals surface area contributed by atoms with E-state index in [0.29, 0.717) is 11.3 Å². The van der Waals surface area contributed by atoms with E-state index >= 15 is 0 Å². The Morgan fingerprint density at radius 3 is 2.38 bits per heavy atom. The molecule has 0 atom stereocenters. The van der Waals surface area contributed by atoms with E-state index in [1.807, 2.05) is 12.1 Å². The highest BCUT2D eigenvalue weighted by Crippen LogP contribution is 2.22. The highest BCUT2D eigenvalue weighted by molar-refractivity contribution is 9.10. The topological polar surface area (TPSA) is 89.2 Å². The van der Waals surface area contributed by atoms with Crippen LogP contribution in [0.4, 0.5) is 5.69 Å². The van der Waals surface area contributed by atoms with Gasteiger partial charge in [-0.25, -0.2) is 8.42 Å². The van der Waals surface area contributed by atoms with Crippen molar-refractivity contribution in [2.45, 2.75) is 4.90 Å². The van der Waals surface area contributed by atoms with E-state index in [1.165, 1.54) is 6.33 Å². The summed E-state index contributed by atoms with van der Waals surface area (Å²) in [5, 5.41) is 12.1. The van der Waals surface area contributed by atoms with Crippen LogP contribution in [0.15, 0.2) is 76.4 Å². The first kappa shape index (κ1) is 16.7. The average Bonchev–Trinajstić information content (AvgIpc) is 3.10. The van der Waals surface area contributed by atoms with Crippen LogP contribution in [-0.2, 0) is 10.0 Å². The summed E-state index contributed by atoms with van der Waals surface area (Å²) in [6, 6.07) is 17.1. The number of anilines is 1. The van der Waals surface area contributed by atoms with Crippen molar-refractivity contribution in [1.29, 1.82) is 0 Å². The molecule has 1 N–H and O–H groups in total. The molecule has 0 amide bonds. The van der Waals surface area contributed by atoms with Gasteiger partial charge in [0.1, 0.15) is 6.33 Å². The number of rotatable bonds is 4. The highest BCUT2D eigenvalue weighted by Gasteiger charge is 2.14. The molecule has 0 radical (unpaired) electrons. The summed E-state index contributed by atoms with van der Waals surface area (Å²) >= 11 is 3.29. The van der Waals surface area contributed by atoms with Gasteiger partial charge in [-0.15, -0.1) is 10.2 Å². The molecular formula is C17H12BrN5O2S. The number of nitrogens with one attached hydrogen (secondary N) is 1. The van der Waals surface area contributed by atoms with Gasteiger partial charge in [-0.3, -0.25) is 4.72 Å². The third-order valence-corrected chi connectivity index (χ3v) is 5.64. The number of nitrogens with zero attached hydrogens (tertiary/aromatic N) is 4. The Hall–Kier alpha value is -2.78. The van der Waals surface area contributed by atoms with Crippen LogP contribution in [0, 0.1) is 0 Å². The van der Waals surface area contributed by atoms with E-state index in [9.17, 15) is 8.42 Å². The van der Waals surface area contributed by atoms with E-state index in [4.69, 9.17) is 0 Å². The number of hydrogen-bond acceptors (Lipinski definition) is 5. The second-order valence-electron chi connectivity index (χ2n) is 5.49. The summed E-state index contributed by atoms with van der Waals surface area (Å²) in [5.74, 6) is 0. The maximum absolute atomic E-state index is 12.4. The van der Waals surface area contributed by atoms with Gasteiger partial charge in [-0.05, 0) is 48.5 Å². The molecule has 0 saturated carbocycles. The van der Waals surface area contributed by atoms with Crippen LogP contribution in [0.3, 0.4) is 0 Å². The maximum atomic E-state index is 12.4. The van der Waals surface area contributed by atoms with E-state index in [1.54, 1.807) is 53.0 Å². The Morgan fingerprint density at radius 1 is 0.923 bits per heavy atom. The van der Waals surface area contributed by atoms with Crippen molar-refractivity contribution >= 4 is 37.3 Å². The van der Waals surface area contributed by atoms with Crippen molar-refractivity contribution in [3.05, 3.63) is 71.5 Å². The van der Waals surface area contributed by atoms with Crippen molar-refractivity contribution < 1.29 is 8.42 Å². The Kier molecular flexibility index (Phi) is 4.17. The Balaban J connectivity index is 1.58. The number of hydrogen-bond donors (Lipinski definition) is 1. The van der Waals surface area contributed by atoms with E-state index in [-0.39, 0.29) is 4.90 Å². The van der Waals surface area contributed by atoms with Crippen LogP contribution in [0.5, 0.6) is 0 Å². The van der Waals surface area contributed by atoms with Gasteiger partial charge >= 0.3 is 0 Å². The predicted molar refractivity (Wildman–Crippen MR) is 101 cm³/mol. The minimum atomic E-state index is -3.64. The van der Waals surface area contributed by atoms with Crippen molar-refractivity contribution in [3.8, 4) is 11.3 Å². The number of aromatic nitrogens is 4. The minimum absolute atomic E-state index is 0.199. The first-order chi connectivity index (χ1) is 12.5. The van der Waals surface area contributed by atoms with Gasteiger partial charge in [0.15, 0.2) is 5.65 Å². The molecule has 0 saturated heterocycles. The smallest absolute Gasteiger partial charge is 0.261 e. The standard InChI is InChI=1S/C17H12BrN5O2S/c18-13-3-7-15(8-4-13)26(24,25)22-14-5-1-12(2-6-14)16-9-10-17-20-19-11-23(17)21-16/h1-11,22H. The van der Waals surface area contributed by atoms with Gasteiger partial charge in [-0.2, -0.15) is 9.61 Å². The van der Waals surface area contributed by atoms with Crippen LogP contribution in [-0.4, -0.2) is 28.2 Å². The van der Waals surface area contributed by atoms with Crippen LogP contribution in [0.2, 0.25) is 0 Å². The molecule has 7 nitrogen and oxygen atoms in total. The fourth-order valence-corrected chi connectivity index (χ4v) is 3.74. The summed E-state index contributed by atoms with van der Waals surface area (Å²) in [6.45, 7) is 0. The first-order valence-electron chi connectivity index (χ1n) is 7.57. The highest BCUT2D eigenvalue weighted by atomic mass is 79.9. The quantitative estimate of drug-likeness (QED) is 0.537. The summed E-state index contributed by atoms with van der Waals surface area (Å²) in [4.78, 5) is 0.199. The minimum Gasteiger partial charge on any atom is -0.280 e. The molecule has 2 aromatic heterocycles. The van der Waals surface area contributed by atoms with Crippen LogP contribution in [0.25, 0.3) is 16.9 Å². The molecule has 0 fully saturated rings. The van der Waals surface area contributed by atoms with Crippen LogP contribution in [0.1, 0.15) is 0 Å². The second kappa shape index (κ2) is 6.50. The zero-order valence-electron chi connectivity index (χ0n) is 13.2. The lowest BCUT2D eigenvalue weighted by molar-refractivity contribution is 0.601. The molecule has 130 valence electrons. The first-order valence-corrected chi connectivity index (χ1v) is 9.85. The zero-order valence-corrected chi connectivity index (χ0v) is 15.6. The molecule has 0 unspecified atom stereocenters. The molecule has 0 aliphatic rings. The molecule has 0 spiro atoms. The summed E-state index contributed by atoms with van der Waals surface area (Å²) in [7, 11) is -3.64. The van der Waals surface area contributed by atoms with Crippen molar-refractivity contribution in [2.75, 3.05) is 4.72 Å². The molecule has 2 aromatic carbocycles. The van der Waals surface area contributed by atoms with E-state index in [2.05, 4.69) is 35.9 Å². The lowest BCUT2D eigenvalue weighted by Gasteiger charge is -2.09. The van der Waals surface area contributed by atoms with Crippen LogP contribution >= 0.6 is 15.9 Å². The number of sulfonamides is 1. The lowest BCUT2D eigenvalue weighted by atomic mass is 10.1. The molecule has 0 aliphatic heterocycles. The average molecular weight is 430 g/mol. The normalized spacial score (nSPS) is 11.6. The second-order valence-corrected chi connectivity index (χ2v) is 8.09. The number of benzene rings is 2. The van der Waals surface area contributed by atoms with Gasteiger partial charge in [0, 0.05) is 15.7 Å². The molecule has 4 rings (SSSR count). The number of fused-ring (bicyclic) bond motifs is 1. The Labute approximate surface area is 157 Å². The number of halogens is 1. The van der Waals surface area contributed by atoms with Crippen molar-refractivity contribution in [3.63, 3.8) is 0 Å². The Morgan fingerprint density at radius 2 is 1.65 bits per heavy atom. The molecule has 26 heavy (non-hydrogen) atoms. The molecule has 0 bridgehead atoms. The fraction of sp³-hybridized carbons (Fsp3) is 0. The lowest BCUT2D eigenvalue weighted by Crippen LogP contribution is -2.12. The summed E-state index contributed by atoms with van der Waals surface area (Å²) < 4.78 is 29.8. The van der Waals surface area contributed by atoms with Gasteiger partial charge in [0.05, 0.1) is 10.6 Å². The van der Waals surface area contributed by atoms with Crippen molar-refractivity contribution in [2.24, 2.45) is 0 Å². The molecule has 4 aromatic rings. The van der Waals surface area contributed by atoms with E-state index < -0.39 is 10.0 Å². The summed E-state index contributed by atoms with van der Waals surface area (Å²) in [5.41, 5.74) is 2.72. The predicted octanol–water partition coefficient (Wildman–Crippen LogP) is 3.35. The molecular weight excluding hydrogens is 418 g/mol. The maximum Gasteiger partial charge on any atom is 0.261 e. The monoisotopic (exact) mass is 429 g/mol. The third kappa shape index (κ3) is 3.31. The van der Waals surface area contributed by atoms with E-state index in [0.717, 1.165) is 15.7 Å². The van der Waals surface area contributed by atoms with Gasteiger partial charge in [0.2, 0.25) is 0 Å². The van der Waals surface area contributed by atoms with Gasteiger partial charge in [-0.1, -0.05) is 28.1 Å². The third-order valence-electron chi connectivity index (χ3n) is 3.72. The molecule has 9 heteroatoms. The van der Waals surface area contributed by atoms with Gasteiger partial charge < -0.3 is 0 Å². The van der Waals surface area contributed by atoms with Crippen molar-refractivity contribution in [1.82, 2.24) is 19.8 Å². The summed E-state index contributed by atoms with van der Waals surface area (Å²) in [6.07, 6.45) is 1.53. The molecule has 2 heterocycles. The van der Waals surface area contributed by atoms with Gasteiger partial charge in [0.25, 0.3) is 10.0 Å². The SMILES string of the molecule is O=S(=O)(Nc1ccc(-c2ccc3nncn3n2)cc1)c1ccc(Br)cc1. The fourth-order valence-electron chi connectivity index (χ4n) is 2.42. The largest absolute Gasteiger partial charge is 0.280 e. The van der Waals surface area contributed by atoms with Crippen LogP contribution < -0.4 is 4.72 Å². The molecule has 0 aliphatic carbocycles. The zero-order chi connectivity index (χ0) is 18.1.